The number of nitrogens with one attached hydrogen (secondary N) is 1. The standard InChI is InChI=1S/C13H13F3N2O/c1-8(2)9(7-17)12(19)18-11-6-4-3-5-10(11)13(14,15)16/h3-6,8-9H,1-2H3,(H,18,19). The molecule has 1 rings (SSSR count). The number of amides is 1. The third-order valence-corrected chi connectivity index (χ3v) is 2.58. The molecule has 1 N–H and O–H groups in total. The van der Waals surface area contributed by atoms with Crippen molar-refractivity contribution in [1.82, 2.24) is 0 Å². The first-order valence-corrected chi connectivity index (χ1v) is 5.64. The maximum absolute atomic E-state index is 12.7. The summed E-state index contributed by atoms with van der Waals surface area (Å²) in [5, 5.41) is 11.0. The number of halogens is 3. The summed E-state index contributed by atoms with van der Waals surface area (Å²) in [5.74, 6) is -1.99. The summed E-state index contributed by atoms with van der Waals surface area (Å²) >= 11 is 0. The van der Waals surface area contributed by atoms with Crippen LogP contribution >= 0.6 is 0 Å². The number of hydrogen-bond acceptors (Lipinski definition) is 2. The number of para-hydroxylation sites is 1. The monoisotopic (exact) mass is 270 g/mol. The molecule has 0 aliphatic carbocycles. The Morgan fingerprint density at radius 2 is 1.89 bits per heavy atom. The lowest BCUT2D eigenvalue weighted by atomic mass is 9.96. The van der Waals surface area contributed by atoms with Gasteiger partial charge in [0.25, 0.3) is 0 Å². The molecule has 0 bridgehead atoms. The van der Waals surface area contributed by atoms with Gasteiger partial charge >= 0.3 is 6.18 Å². The van der Waals surface area contributed by atoms with E-state index in [1.807, 2.05) is 0 Å². The first-order chi connectivity index (χ1) is 8.77. The highest BCUT2D eigenvalue weighted by atomic mass is 19.4. The van der Waals surface area contributed by atoms with E-state index < -0.39 is 23.6 Å². The molecular weight excluding hydrogens is 257 g/mol. The number of nitrogens with zero attached hydrogens (tertiary/aromatic N) is 1. The summed E-state index contributed by atoms with van der Waals surface area (Å²) in [6, 6.07) is 6.46. The molecule has 6 heteroatoms. The third kappa shape index (κ3) is 3.71. The van der Waals surface area contributed by atoms with Crippen LogP contribution in [0.1, 0.15) is 19.4 Å². The van der Waals surface area contributed by atoms with E-state index in [0.29, 0.717) is 0 Å². The van der Waals surface area contributed by atoms with Crippen molar-refractivity contribution in [2.75, 3.05) is 5.32 Å². The molecule has 1 atom stereocenters. The summed E-state index contributed by atoms with van der Waals surface area (Å²) in [5.41, 5.74) is -1.26. The van der Waals surface area contributed by atoms with Crippen molar-refractivity contribution < 1.29 is 18.0 Å². The van der Waals surface area contributed by atoms with Crippen LogP contribution in [0.4, 0.5) is 18.9 Å². The summed E-state index contributed by atoms with van der Waals surface area (Å²) in [6.07, 6.45) is -4.55. The number of benzene rings is 1. The topological polar surface area (TPSA) is 52.9 Å². The Bertz CT molecular complexity index is 503. The fraction of sp³-hybridized carbons (Fsp3) is 0.385. The molecule has 0 aliphatic heterocycles. The number of hydrogen-bond donors (Lipinski definition) is 1. The van der Waals surface area contributed by atoms with Crippen LogP contribution in [0.2, 0.25) is 0 Å². The molecule has 1 amide bonds. The SMILES string of the molecule is CC(C)C(C#N)C(=O)Nc1ccccc1C(F)(F)F. The van der Waals surface area contributed by atoms with Crippen molar-refractivity contribution in [3.8, 4) is 6.07 Å². The van der Waals surface area contributed by atoms with E-state index in [4.69, 9.17) is 5.26 Å². The molecule has 3 nitrogen and oxygen atoms in total. The average Bonchev–Trinajstić information content (AvgIpc) is 2.28. The van der Waals surface area contributed by atoms with Gasteiger partial charge < -0.3 is 5.32 Å². The Kier molecular flexibility index (Phi) is 4.54. The molecule has 0 aromatic heterocycles. The van der Waals surface area contributed by atoms with Crippen LogP contribution in [0.25, 0.3) is 0 Å². The van der Waals surface area contributed by atoms with Crippen molar-refractivity contribution in [3.05, 3.63) is 29.8 Å². The molecule has 0 aliphatic rings. The average molecular weight is 270 g/mol. The lowest BCUT2D eigenvalue weighted by Crippen LogP contribution is -2.26. The highest BCUT2D eigenvalue weighted by molar-refractivity contribution is 5.95. The molecule has 102 valence electrons. The Hall–Kier alpha value is -2.03. The van der Waals surface area contributed by atoms with Crippen LogP contribution in [0, 0.1) is 23.2 Å². The third-order valence-electron chi connectivity index (χ3n) is 2.58. The first-order valence-electron chi connectivity index (χ1n) is 5.64. The highest BCUT2D eigenvalue weighted by Crippen LogP contribution is 2.34. The molecule has 19 heavy (non-hydrogen) atoms. The van der Waals surface area contributed by atoms with Gasteiger partial charge in [-0.3, -0.25) is 4.79 Å². The molecule has 1 aromatic rings. The van der Waals surface area contributed by atoms with Gasteiger partial charge in [0.05, 0.1) is 17.3 Å². The van der Waals surface area contributed by atoms with Gasteiger partial charge in [0.1, 0.15) is 5.92 Å². The van der Waals surface area contributed by atoms with Crippen molar-refractivity contribution in [2.24, 2.45) is 11.8 Å². The molecule has 0 saturated carbocycles. The van der Waals surface area contributed by atoms with Crippen molar-refractivity contribution in [3.63, 3.8) is 0 Å². The van der Waals surface area contributed by atoms with E-state index >= 15 is 0 Å². The van der Waals surface area contributed by atoms with Gasteiger partial charge in [0.15, 0.2) is 0 Å². The molecule has 0 heterocycles. The fourth-order valence-corrected chi connectivity index (χ4v) is 1.56. The minimum atomic E-state index is -4.55. The van der Waals surface area contributed by atoms with Crippen LogP contribution in [0.15, 0.2) is 24.3 Å². The highest BCUT2D eigenvalue weighted by Gasteiger charge is 2.34. The number of anilines is 1. The molecule has 1 unspecified atom stereocenters. The van der Waals surface area contributed by atoms with E-state index in [0.717, 1.165) is 12.1 Å². The first kappa shape index (κ1) is 15.0. The van der Waals surface area contributed by atoms with E-state index in [2.05, 4.69) is 5.32 Å². The van der Waals surface area contributed by atoms with Gasteiger partial charge in [-0.15, -0.1) is 0 Å². The van der Waals surface area contributed by atoms with Gasteiger partial charge in [-0.2, -0.15) is 18.4 Å². The minimum Gasteiger partial charge on any atom is -0.324 e. The zero-order valence-corrected chi connectivity index (χ0v) is 10.5. The lowest BCUT2D eigenvalue weighted by molar-refractivity contribution is -0.137. The van der Waals surface area contributed by atoms with E-state index in [9.17, 15) is 18.0 Å². The van der Waals surface area contributed by atoms with E-state index in [1.165, 1.54) is 12.1 Å². The molecule has 0 spiro atoms. The lowest BCUT2D eigenvalue weighted by Gasteiger charge is -2.16. The normalized spacial score (nSPS) is 12.9. The van der Waals surface area contributed by atoms with Crippen molar-refractivity contribution in [2.45, 2.75) is 20.0 Å². The van der Waals surface area contributed by atoms with Crippen LogP contribution in [0.5, 0.6) is 0 Å². The Balaban J connectivity index is 3.02. The van der Waals surface area contributed by atoms with Crippen LogP contribution in [0.3, 0.4) is 0 Å². The van der Waals surface area contributed by atoms with Crippen molar-refractivity contribution >= 4 is 11.6 Å². The molecular formula is C13H13F3N2O. The molecule has 0 fully saturated rings. The number of rotatable bonds is 3. The molecule has 0 saturated heterocycles. The summed E-state index contributed by atoms with van der Waals surface area (Å²) in [4.78, 5) is 11.8. The van der Waals surface area contributed by atoms with Crippen molar-refractivity contribution in [1.29, 1.82) is 5.26 Å². The van der Waals surface area contributed by atoms with Gasteiger partial charge in [-0.1, -0.05) is 26.0 Å². The Morgan fingerprint density at radius 3 is 2.37 bits per heavy atom. The second-order valence-electron chi connectivity index (χ2n) is 4.38. The minimum absolute atomic E-state index is 0.275. The van der Waals surface area contributed by atoms with E-state index in [-0.39, 0.29) is 11.6 Å². The predicted octanol–water partition coefficient (Wildman–Crippen LogP) is 3.44. The Morgan fingerprint density at radius 1 is 1.32 bits per heavy atom. The number of nitriles is 1. The summed E-state index contributed by atoms with van der Waals surface area (Å²) in [6.45, 7) is 3.31. The fourth-order valence-electron chi connectivity index (χ4n) is 1.56. The van der Waals surface area contributed by atoms with Gasteiger partial charge in [-0.25, -0.2) is 0 Å². The largest absolute Gasteiger partial charge is 0.418 e. The molecule has 0 radical (unpaired) electrons. The Labute approximate surface area is 109 Å². The quantitative estimate of drug-likeness (QED) is 0.914. The van der Waals surface area contributed by atoms with Gasteiger partial charge in [-0.05, 0) is 18.1 Å². The number of carbonyl (C=O) groups excluding carboxylic acids is 1. The number of carbonyl (C=O) groups is 1. The van der Waals surface area contributed by atoms with Gasteiger partial charge in [0.2, 0.25) is 5.91 Å². The molecule has 1 aromatic carbocycles. The second-order valence-corrected chi connectivity index (χ2v) is 4.38. The van der Waals surface area contributed by atoms with E-state index in [1.54, 1.807) is 19.9 Å². The van der Waals surface area contributed by atoms with Crippen LogP contribution in [-0.2, 0) is 11.0 Å². The second kappa shape index (κ2) is 5.74. The maximum Gasteiger partial charge on any atom is 0.418 e. The number of alkyl halides is 3. The summed E-state index contributed by atoms with van der Waals surface area (Å²) < 4.78 is 38.2. The summed E-state index contributed by atoms with van der Waals surface area (Å²) in [7, 11) is 0. The van der Waals surface area contributed by atoms with Crippen LogP contribution in [-0.4, -0.2) is 5.91 Å². The zero-order valence-electron chi connectivity index (χ0n) is 10.5. The smallest absolute Gasteiger partial charge is 0.324 e. The van der Waals surface area contributed by atoms with Crippen LogP contribution < -0.4 is 5.32 Å². The maximum atomic E-state index is 12.7. The van der Waals surface area contributed by atoms with Gasteiger partial charge in [0, 0.05) is 0 Å². The zero-order chi connectivity index (χ0) is 14.6. The predicted molar refractivity (Wildman–Crippen MR) is 64.0 cm³/mol.